The van der Waals surface area contributed by atoms with Gasteiger partial charge >= 0.3 is 0 Å². The van der Waals surface area contributed by atoms with Crippen LogP contribution in [0.25, 0.3) is 260 Å². The lowest BCUT2D eigenvalue weighted by Gasteiger charge is -2.12. The molecule has 27 aromatic rings. The number of benzene rings is 18. The van der Waals surface area contributed by atoms with Crippen LogP contribution in [0.1, 0.15) is 0 Å². The number of para-hydroxylation sites is 7. The Labute approximate surface area is 762 Å². The van der Waals surface area contributed by atoms with Crippen LogP contribution in [0.4, 0.5) is 17.1 Å². The maximum absolute atomic E-state index is 7.48. The highest BCUT2D eigenvalue weighted by atomic mass is 32.1. The van der Waals surface area contributed by atoms with Gasteiger partial charge in [-0.3, -0.25) is 0 Å². The summed E-state index contributed by atoms with van der Waals surface area (Å²) in [6, 6.07) is 138. The number of nitrogens with zero attached hydrogens (tertiary/aromatic N) is 12. The van der Waals surface area contributed by atoms with Crippen LogP contribution < -0.4 is 0 Å². The fourth-order valence-electron chi connectivity index (χ4n) is 19.1. The van der Waals surface area contributed by atoms with Crippen molar-refractivity contribution < 1.29 is 4.42 Å². The van der Waals surface area contributed by atoms with Gasteiger partial charge in [-0.2, -0.15) is 0 Å². The predicted molar refractivity (Wildman–Crippen MR) is 546 cm³/mol. The van der Waals surface area contributed by atoms with Crippen LogP contribution in [0.3, 0.4) is 0 Å². The molecule has 0 spiro atoms. The van der Waals surface area contributed by atoms with Crippen LogP contribution in [-0.4, -0.2) is 43.6 Å². The lowest BCUT2D eigenvalue weighted by atomic mass is 10.0. The zero-order valence-corrected chi connectivity index (χ0v) is 71.8. The highest BCUT2D eigenvalue weighted by Crippen LogP contribution is 2.46. The van der Waals surface area contributed by atoms with Gasteiger partial charge < -0.3 is 18.1 Å². The molecule has 18 aromatic carbocycles. The van der Waals surface area contributed by atoms with Crippen molar-refractivity contribution in [3.63, 3.8) is 0 Å². The van der Waals surface area contributed by atoms with Crippen molar-refractivity contribution in [2.45, 2.75) is 0 Å². The molecule has 0 saturated carbocycles. The van der Waals surface area contributed by atoms with Crippen LogP contribution in [0.2, 0.25) is 0 Å². The molecule has 0 aliphatic carbocycles. The van der Waals surface area contributed by atoms with Crippen LogP contribution >= 0.6 is 22.7 Å². The largest absolute Gasteiger partial charge is 0.456 e. The Kier molecular flexibility index (Phi) is 18.1. The van der Waals surface area contributed by atoms with Gasteiger partial charge in [-0.05, 0) is 174 Å². The highest BCUT2D eigenvalue weighted by Gasteiger charge is 2.24. The molecule has 0 amide bonds. The Bertz CT molecular complexity index is 9600. The average molecular weight is 1720 g/mol. The van der Waals surface area contributed by atoms with Gasteiger partial charge in [0.2, 0.25) is 0 Å². The van der Waals surface area contributed by atoms with Crippen molar-refractivity contribution in [1.82, 2.24) is 43.6 Å². The normalized spacial score (nSPS) is 11.6. The molecule has 9 heterocycles. The quantitative estimate of drug-likeness (QED) is 0.132. The summed E-state index contributed by atoms with van der Waals surface area (Å²) in [5.74, 6) is 1.99. The molecule has 612 valence electrons. The molecule has 13 nitrogen and oxygen atoms in total. The SMILES string of the molecule is [C-]#[N+]c1ccc(-c2nc(-c3ccc(-n4c5ccccc5c5cc6sc7ccccc7c6cc54)cc3)nc3ccccc23)cc1.[C-]#[N+]c1ccc(-c2nc(-c3cccc(-n4c5ccccc5c5cc6sc7ccccc7c6cc54)c3)nc3ccccc23)cc1.[C-]#[N+]c1cccc(-c2nc(-c3ccc(-n4c5ccccc5c5cc6oc7ccccc7c6cc54)cc3)nc3ccccc23)c1. The third-order valence-electron chi connectivity index (χ3n) is 25.2. The molecule has 0 aliphatic rings. The Morgan fingerprint density at radius 1 is 0.205 bits per heavy atom. The molecule has 0 N–H and O–H groups in total. The van der Waals surface area contributed by atoms with Crippen molar-refractivity contribution in [2.75, 3.05) is 0 Å². The predicted octanol–water partition coefficient (Wildman–Crippen LogP) is 32.5. The smallest absolute Gasteiger partial charge is 0.187 e. The molecule has 132 heavy (non-hydrogen) atoms. The van der Waals surface area contributed by atoms with E-state index in [1.165, 1.54) is 89.3 Å². The number of aromatic nitrogens is 9. The van der Waals surface area contributed by atoms with Gasteiger partial charge in [-0.15, -0.1) is 22.7 Å². The van der Waals surface area contributed by atoms with E-state index in [1.807, 2.05) is 168 Å². The van der Waals surface area contributed by atoms with Crippen molar-refractivity contribution in [3.05, 3.63) is 435 Å². The third kappa shape index (κ3) is 12.9. The summed E-state index contributed by atoms with van der Waals surface area (Å²) in [6.07, 6.45) is 0. The summed E-state index contributed by atoms with van der Waals surface area (Å²) in [7, 11) is 0. The van der Waals surface area contributed by atoms with Crippen LogP contribution in [0.15, 0.2) is 405 Å². The molecule has 9 aromatic heterocycles. The Hall–Kier alpha value is -17.9. The van der Waals surface area contributed by atoms with Crippen molar-refractivity contribution in [2.24, 2.45) is 0 Å². The maximum atomic E-state index is 7.48. The van der Waals surface area contributed by atoms with Gasteiger partial charge in [0.15, 0.2) is 34.5 Å². The van der Waals surface area contributed by atoms with Crippen molar-refractivity contribution in [3.8, 4) is 85.0 Å². The topological polar surface area (TPSA) is 118 Å². The Morgan fingerprint density at radius 3 is 1.04 bits per heavy atom. The van der Waals surface area contributed by atoms with Gasteiger partial charge in [0.25, 0.3) is 0 Å². The number of hydrogen-bond donors (Lipinski definition) is 0. The van der Waals surface area contributed by atoms with E-state index in [9.17, 15) is 0 Å². The molecule has 0 unspecified atom stereocenters. The fraction of sp³-hybridized carbons (Fsp3) is 0. The molecule has 0 aliphatic heterocycles. The lowest BCUT2D eigenvalue weighted by molar-refractivity contribution is 0.669. The molecular weight excluding hydrogens is 1650 g/mol. The number of thiophene rings is 2. The Balaban J connectivity index is 0.000000106. The number of hydrogen-bond acceptors (Lipinski definition) is 9. The molecule has 0 saturated heterocycles. The maximum Gasteiger partial charge on any atom is 0.187 e. The number of fused-ring (bicyclic) bond motifs is 21. The average Bonchev–Trinajstić information content (AvgIpc) is 1.58. The van der Waals surface area contributed by atoms with Gasteiger partial charge in [-0.1, -0.05) is 243 Å². The summed E-state index contributed by atoms with van der Waals surface area (Å²) in [5.41, 5.74) is 24.6. The molecule has 0 bridgehead atoms. The van der Waals surface area contributed by atoms with Crippen LogP contribution in [0, 0.1) is 19.7 Å². The summed E-state index contributed by atoms with van der Waals surface area (Å²) < 4.78 is 18.5. The molecule has 0 radical (unpaired) electrons. The van der Waals surface area contributed by atoms with E-state index < -0.39 is 0 Å². The summed E-state index contributed by atoms with van der Waals surface area (Å²) in [5, 5.41) is 17.6. The van der Waals surface area contributed by atoms with E-state index in [0.717, 1.165) is 139 Å². The first-order valence-electron chi connectivity index (χ1n) is 43.4. The number of rotatable bonds is 9. The highest BCUT2D eigenvalue weighted by molar-refractivity contribution is 7.26. The van der Waals surface area contributed by atoms with Crippen molar-refractivity contribution in [1.29, 1.82) is 0 Å². The van der Waals surface area contributed by atoms with E-state index in [4.69, 9.17) is 54.0 Å². The van der Waals surface area contributed by atoms with Gasteiger partial charge in [0.1, 0.15) is 11.2 Å². The monoisotopic (exact) mass is 1720 g/mol. The Morgan fingerprint density at radius 2 is 0.568 bits per heavy atom. The summed E-state index contributed by atoms with van der Waals surface area (Å²) >= 11 is 3.71. The summed E-state index contributed by atoms with van der Waals surface area (Å²) in [4.78, 5) is 40.8. The van der Waals surface area contributed by atoms with Crippen LogP contribution in [-0.2, 0) is 0 Å². The molecular formula is C117H66N12OS2. The molecule has 15 heteroatoms. The fourth-order valence-corrected chi connectivity index (χ4v) is 21.3. The van der Waals surface area contributed by atoms with E-state index in [2.05, 4.69) is 283 Å². The van der Waals surface area contributed by atoms with Crippen LogP contribution in [0.5, 0.6) is 0 Å². The second-order valence-electron chi connectivity index (χ2n) is 32.8. The minimum absolute atomic E-state index is 0.586. The summed E-state index contributed by atoms with van der Waals surface area (Å²) in [6.45, 7) is 22.1. The van der Waals surface area contributed by atoms with Gasteiger partial charge in [-0.25, -0.2) is 44.4 Å². The minimum Gasteiger partial charge on any atom is -0.456 e. The van der Waals surface area contributed by atoms with Crippen molar-refractivity contribution >= 4 is 200 Å². The van der Waals surface area contributed by atoms with E-state index in [1.54, 1.807) is 0 Å². The first kappa shape index (κ1) is 76.5. The van der Waals surface area contributed by atoms with E-state index >= 15 is 0 Å². The number of furan rings is 1. The standard InChI is InChI=1S/C39H22N4O.2C39H22N4S/c1-40-26-10-8-9-25(21-26)38-30-13-2-5-14-33(30)41-39(42-38)24-17-19-27(20-18-24)43-34-15-6-3-11-28(34)31-23-37-32(22-35(31)43)29-12-4-7-16-36(29)44-37;1-40-26-19-17-24(18-20-26)38-30-13-2-5-14-33(30)41-39(42-38)25-9-8-10-27(21-25)43-34-15-6-3-11-28(34)31-23-37-32(22-35(31)43)29-12-4-7-16-36(29)44-37;1-40-26-18-14-24(15-19-26)38-30-10-2-5-11-33(30)41-39(42-38)25-16-20-27(21-17-25)43-34-12-6-3-8-28(34)31-23-37-32(22-35(31)43)29-9-4-7-13-36(29)44-37/h3*2-23H. The van der Waals surface area contributed by atoms with E-state index in [-0.39, 0.29) is 0 Å². The zero-order valence-electron chi connectivity index (χ0n) is 70.2. The minimum atomic E-state index is 0.586. The molecule has 27 rings (SSSR count). The second kappa shape index (κ2) is 31.3. The third-order valence-corrected chi connectivity index (χ3v) is 27.5. The first-order chi connectivity index (χ1) is 65.2. The molecule has 0 fully saturated rings. The second-order valence-corrected chi connectivity index (χ2v) is 35.0. The zero-order chi connectivity index (χ0) is 87.6. The van der Waals surface area contributed by atoms with E-state index in [0.29, 0.717) is 34.5 Å². The van der Waals surface area contributed by atoms with Gasteiger partial charge in [0.05, 0.1) is 86.4 Å². The lowest BCUT2D eigenvalue weighted by Crippen LogP contribution is -1.97. The first-order valence-corrected chi connectivity index (χ1v) is 45.0. The van der Waals surface area contributed by atoms with Gasteiger partial charge in [0, 0.05) is 133 Å². The molecule has 0 atom stereocenters.